The molecule has 0 fully saturated rings. The number of nitrogens with zero attached hydrogens (tertiary/aromatic N) is 3. The third kappa shape index (κ3) is 2.42. The predicted octanol–water partition coefficient (Wildman–Crippen LogP) is 0.843. The van der Waals surface area contributed by atoms with Crippen LogP contribution in [-0.2, 0) is 0 Å². The lowest BCUT2D eigenvalue weighted by Crippen LogP contribution is -2.32. The van der Waals surface area contributed by atoms with E-state index in [1.807, 2.05) is 13.8 Å². The van der Waals surface area contributed by atoms with E-state index >= 15 is 0 Å². The number of nitrogens with one attached hydrogen (secondary N) is 1. The summed E-state index contributed by atoms with van der Waals surface area (Å²) >= 11 is 0. The molecule has 0 saturated carbocycles. The summed E-state index contributed by atoms with van der Waals surface area (Å²) in [6, 6.07) is 0. The van der Waals surface area contributed by atoms with Gasteiger partial charge < -0.3 is 4.90 Å². The Morgan fingerprint density at radius 2 is 2.43 bits per heavy atom. The van der Waals surface area contributed by atoms with Crippen molar-refractivity contribution >= 4 is 5.91 Å². The molecular weight excluding hydrogens is 180 g/mol. The molecule has 14 heavy (non-hydrogen) atoms. The third-order valence-corrected chi connectivity index (χ3v) is 1.76. The SMILES string of the molecule is C=C(C)CN(CC)C(=O)c1cn[nH]n1. The molecule has 0 aromatic carbocycles. The van der Waals surface area contributed by atoms with Gasteiger partial charge in [-0.3, -0.25) is 4.79 Å². The molecule has 5 nitrogen and oxygen atoms in total. The number of aromatic amines is 1. The van der Waals surface area contributed by atoms with Gasteiger partial charge in [0.25, 0.3) is 5.91 Å². The van der Waals surface area contributed by atoms with Crippen LogP contribution < -0.4 is 0 Å². The average Bonchev–Trinajstić information content (AvgIpc) is 2.65. The maximum Gasteiger partial charge on any atom is 0.276 e. The van der Waals surface area contributed by atoms with E-state index in [-0.39, 0.29) is 5.91 Å². The molecule has 0 saturated heterocycles. The summed E-state index contributed by atoms with van der Waals surface area (Å²) in [5, 5.41) is 9.74. The van der Waals surface area contributed by atoms with Crippen molar-refractivity contribution in [3.05, 3.63) is 24.0 Å². The van der Waals surface area contributed by atoms with Gasteiger partial charge in [-0.25, -0.2) is 0 Å². The fourth-order valence-electron chi connectivity index (χ4n) is 1.12. The van der Waals surface area contributed by atoms with Gasteiger partial charge in [0.15, 0.2) is 5.69 Å². The van der Waals surface area contributed by atoms with E-state index in [0.717, 1.165) is 5.57 Å². The van der Waals surface area contributed by atoms with E-state index in [0.29, 0.717) is 18.8 Å². The minimum absolute atomic E-state index is 0.121. The van der Waals surface area contributed by atoms with Gasteiger partial charge in [-0.1, -0.05) is 12.2 Å². The van der Waals surface area contributed by atoms with Crippen molar-refractivity contribution in [2.75, 3.05) is 13.1 Å². The highest BCUT2D eigenvalue weighted by atomic mass is 16.2. The minimum atomic E-state index is -0.121. The molecule has 1 rings (SSSR count). The summed E-state index contributed by atoms with van der Waals surface area (Å²) in [4.78, 5) is 13.4. The Bertz CT molecular complexity index is 318. The van der Waals surface area contributed by atoms with E-state index in [9.17, 15) is 4.79 Å². The highest BCUT2D eigenvalue weighted by Crippen LogP contribution is 2.02. The number of amides is 1. The van der Waals surface area contributed by atoms with Crippen LogP contribution in [0.15, 0.2) is 18.3 Å². The minimum Gasteiger partial charge on any atom is -0.334 e. The van der Waals surface area contributed by atoms with Crippen LogP contribution in [0.1, 0.15) is 24.3 Å². The van der Waals surface area contributed by atoms with Gasteiger partial charge in [0, 0.05) is 13.1 Å². The lowest BCUT2D eigenvalue weighted by atomic mass is 10.3. The Morgan fingerprint density at radius 3 is 2.86 bits per heavy atom. The van der Waals surface area contributed by atoms with Crippen molar-refractivity contribution in [3.8, 4) is 0 Å². The zero-order valence-electron chi connectivity index (χ0n) is 8.45. The Hall–Kier alpha value is -1.65. The molecule has 1 N–H and O–H groups in total. The average molecular weight is 194 g/mol. The predicted molar refractivity (Wildman–Crippen MR) is 52.8 cm³/mol. The normalized spacial score (nSPS) is 9.86. The summed E-state index contributed by atoms with van der Waals surface area (Å²) in [7, 11) is 0. The van der Waals surface area contributed by atoms with E-state index in [4.69, 9.17) is 0 Å². The molecule has 1 heterocycles. The van der Waals surface area contributed by atoms with Gasteiger partial charge in [-0.2, -0.15) is 15.4 Å². The van der Waals surface area contributed by atoms with Gasteiger partial charge in [-0.15, -0.1) is 0 Å². The van der Waals surface area contributed by atoms with Crippen LogP contribution in [0, 0.1) is 0 Å². The van der Waals surface area contributed by atoms with Gasteiger partial charge in [0.2, 0.25) is 0 Å². The summed E-state index contributed by atoms with van der Waals surface area (Å²) in [5.74, 6) is -0.121. The highest BCUT2D eigenvalue weighted by molar-refractivity contribution is 5.92. The Kier molecular flexibility index (Phi) is 3.39. The molecule has 1 amide bonds. The molecule has 0 unspecified atom stereocenters. The second-order valence-corrected chi connectivity index (χ2v) is 3.13. The molecule has 0 aliphatic carbocycles. The first kappa shape index (κ1) is 10.4. The third-order valence-electron chi connectivity index (χ3n) is 1.76. The molecule has 0 aliphatic rings. The van der Waals surface area contributed by atoms with E-state index in [1.54, 1.807) is 4.90 Å². The van der Waals surface area contributed by atoms with Crippen molar-refractivity contribution in [1.29, 1.82) is 0 Å². The first-order valence-corrected chi connectivity index (χ1v) is 4.44. The molecule has 0 bridgehead atoms. The van der Waals surface area contributed by atoms with Crippen LogP contribution in [-0.4, -0.2) is 39.3 Å². The molecular formula is C9H14N4O. The Labute approximate surface area is 82.8 Å². The molecule has 1 aromatic rings. The van der Waals surface area contributed by atoms with Gasteiger partial charge in [0.1, 0.15) is 0 Å². The van der Waals surface area contributed by atoms with E-state index < -0.39 is 0 Å². The van der Waals surface area contributed by atoms with Gasteiger partial charge >= 0.3 is 0 Å². The first-order valence-electron chi connectivity index (χ1n) is 4.44. The standard InChI is InChI=1S/C9H14N4O/c1-4-13(6-7(2)3)9(14)8-5-10-12-11-8/h5H,2,4,6H2,1,3H3,(H,10,11,12). The monoisotopic (exact) mass is 194 g/mol. The number of aromatic nitrogens is 3. The van der Waals surface area contributed by atoms with Crippen molar-refractivity contribution in [1.82, 2.24) is 20.3 Å². The molecule has 1 aromatic heterocycles. The zero-order valence-corrected chi connectivity index (χ0v) is 8.45. The topological polar surface area (TPSA) is 61.9 Å². The molecule has 0 spiro atoms. The Morgan fingerprint density at radius 1 is 1.71 bits per heavy atom. The van der Waals surface area contributed by atoms with Gasteiger partial charge in [-0.05, 0) is 13.8 Å². The summed E-state index contributed by atoms with van der Waals surface area (Å²) < 4.78 is 0. The quantitative estimate of drug-likeness (QED) is 0.722. The van der Waals surface area contributed by atoms with Crippen LogP contribution in [0.4, 0.5) is 0 Å². The fraction of sp³-hybridized carbons (Fsp3) is 0.444. The maximum atomic E-state index is 11.7. The number of hydrogen-bond acceptors (Lipinski definition) is 3. The van der Waals surface area contributed by atoms with Crippen molar-refractivity contribution in [2.45, 2.75) is 13.8 Å². The lowest BCUT2D eigenvalue weighted by Gasteiger charge is -2.19. The molecule has 0 radical (unpaired) electrons. The highest BCUT2D eigenvalue weighted by Gasteiger charge is 2.15. The van der Waals surface area contributed by atoms with Crippen molar-refractivity contribution in [2.24, 2.45) is 0 Å². The van der Waals surface area contributed by atoms with Gasteiger partial charge in [0.05, 0.1) is 6.20 Å². The largest absolute Gasteiger partial charge is 0.334 e. The number of likely N-dealkylation sites (N-methyl/N-ethyl adjacent to an activating group) is 1. The molecule has 0 aliphatic heterocycles. The second kappa shape index (κ2) is 4.55. The van der Waals surface area contributed by atoms with Crippen LogP contribution >= 0.6 is 0 Å². The maximum absolute atomic E-state index is 11.7. The summed E-state index contributed by atoms with van der Waals surface area (Å²) in [6.45, 7) is 8.77. The number of carbonyl (C=O) groups excluding carboxylic acids is 1. The number of H-pyrrole nitrogens is 1. The number of carbonyl (C=O) groups is 1. The van der Waals surface area contributed by atoms with Crippen molar-refractivity contribution < 1.29 is 4.79 Å². The first-order chi connectivity index (χ1) is 6.65. The summed E-state index contributed by atoms with van der Waals surface area (Å²) in [6.07, 6.45) is 1.42. The van der Waals surface area contributed by atoms with Crippen molar-refractivity contribution in [3.63, 3.8) is 0 Å². The molecule has 0 atom stereocenters. The molecule has 76 valence electrons. The zero-order chi connectivity index (χ0) is 10.6. The number of rotatable bonds is 4. The van der Waals surface area contributed by atoms with Crippen LogP contribution in [0.3, 0.4) is 0 Å². The second-order valence-electron chi connectivity index (χ2n) is 3.13. The lowest BCUT2D eigenvalue weighted by molar-refractivity contribution is 0.0772. The number of hydrogen-bond donors (Lipinski definition) is 1. The van der Waals surface area contributed by atoms with Crippen LogP contribution in [0.2, 0.25) is 0 Å². The smallest absolute Gasteiger partial charge is 0.276 e. The van der Waals surface area contributed by atoms with Crippen LogP contribution in [0.25, 0.3) is 0 Å². The summed E-state index contributed by atoms with van der Waals surface area (Å²) in [5.41, 5.74) is 1.29. The van der Waals surface area contributed by atoms with E-state index in [2.05, 4.69) is 22.0 Å². The Balaban J connectivity index is 2.70. The van der Waals surface area contributed by atoms with E-state index in [1.165, 1.54) is 6.20 Å². The molecule has 5 heteroatoms. The fourth-order valence-corrected chi connectivity index (χ4v) is 1.12. The van der Waals surface area contributed by atoms with Crippen LogP contribution in [0.5, 0.6) is 0 Å².